The zero-order chi connectivity index (χ0) is 15.1. The lowest BCUT2D eigenvalue weighted by Gasteiger charge is -2.15. The molecular weight excluding hydrogens is 258 g/mol. The smallest absolute Gasteiger partial charge is 0.127 e. The van der Waals surface area contributed by atoms with E-state index in [2.05, 4.69) is 56.4 Å². The lowest BCUT2D eigenvalue weighted by atomic mass is 10.1. The molecule has 0 bridgehead atoms. The Labute approximate surface area is 128 Å². The van der Waals surface area contributed by atoms with E-state index < -0.39 is 0 Å². The maximum atomic E-state index is 5.95. The number of nitrogens with one attached hydrogen (secondary N) is 1. The zero-order valence-corrected chi connectivity index (χ0v) is 13.2. The van der Waals surface area contributed by atoms with Crippen molar-refractivity contribution in [1.29, 1.82) is 0 Å². The van der Waals surface area contributed by atoms with Crippen molar-refractivity contribution in [2.45, 2.75) is 39.7 Å². The van der Waals surface area contributed by atoms with Gasteiger partial charge in [-0.15, -0.1) is 0 Å². The normalized spacial score (nSPS) is 12.1. The van der Waals surface area contributed by atoms with Crippen LogP contribution in [0.5, 0.6) is 11.5 Å². The molecule has 2 nitrogen and oxygen atoms in total. The van der Waals surface area contributed by atoms with E-state index >= 15 is 0 Å². The highest BCUT2D eigenvalue weighted by Gasteiger charge is 2.06. The Hall–Kier alpha value is -1.80. The lowest BCUT2D eigenvalue weighted by molar-refractivity contribution is 0.479. The van der Waals surface area contributed by atoms with E-state index in [9.17, 15) is 0 Å². The van der Waals surface area contributed by atoms with Gasteiger partial charge < -0.3 is 10.1 Å². The van der Waals surface area contributed by atoms with Crippen LogP contribution in [0.4, 0.5) is 0 Å². The summed E-state index contributed by atoms with van der Waals surface area (Å²) in [5.74, 6) is 1.78. The van der Waals surface area contributed by atoms with Crippen molar-refractivity contribution in [2.24, 2.45) is 0 Å². The fourth-order valence-corrected chi connectivity index (χ4v) is 2.26. The van der Waals surface area contributed by atoms with E-state index in [-0.39, 0.29) is 0 Å². The first kappa shape index (κ1) is 15.6. The molecule has 0 heterocycles. The molecule has 1 N–H and O–H groups in total. The summed E-state index contributed by atoms with van der Waals surface area (Å²) in [4.78, 5) is 0. The standard InChI is InChI=1S/C19H25NO/c1-4-13-20-15(3)17-7-6-8-19(14-17)21-18-11-9-16(5-2)10-12-18/h6-12,14-15,20H,4-5,13H2,1-3H3. The van der Waals surface area contributed by atoms with Gasteiger partial charge in [0.2, 0.25) is 0 Å². The first-order chi connectivity index (χ1) is 10.2. The summed E-state index contributed by atoms with van der Waals surface area (Å²) in [6.45, 7) is 7.55. The second-order valence-corrected chi connectivity index (χ2v) is 5.35. The van der Waals surface area contributed by atoms with Crippen LogP contribution in [0, 0.1) is 0 Å². The highest BCUT2D eigenvalue weighted by atomic mass is 16.5. The van der Waals surface area contributed by atoms with Gasteiger partial charge in [0.25, 0.3) is 0 Å². The molecular formula is C19H25NO. The lowest BCUT2D eigenvalue weighted by Crippen LogP contribution is -2.19. The van der Waals surface area contributed by atoms with E-state index in [0.29, 0.717) is 6.04 Å². The Balaban J connectivity index is 2.06. The minimum Gasteiger partial charge on any atom is -0.457 e. The molecule has 0 aliphatic carbocycles. The molecule has 112 valence electrons. The van der Waals surface area contributed by atoms with E-state index in [0.717, 1.165) is 30.9 Å². The van der Waals surface area contributed by atoms with Crippen LogP contribution >= 0.6 is 0 Å². The number of aryl methyl sites for hydroxylation is 1. The number of benzene rings is 2. The number of hydrogen-bond donors (Lipinski definition) is 1. The molecule has 0 fully saturated rings. The van der Waals surface area contributed by atoms with Gasteiger partial charge in [-0.05, 0) is 61.7 Å². The second kappa shape index (κ2) is 7.84. The predicted molar refractivity (Wildman–Crippen MR) is 89.0 cm³/mol. The zero-order valence-electron chi connectivity index (χ0n) is 13.2. The molecule has 21 heavy (non-hydrogen) atoms. The van der Waals surface area contributed by atoms with Crippen molar-refractivity contribution in [3.05, 3.63) is 59.7 Å². The van der Waals surface area contributed by atoms with Crippen LogP contribution in [0.25, 0.3) is 0 Å². The van der Waals surface area contributed by atoms with Crippen LogP contribution in [0.2, 0.25) is 0 Å². The topological polar surface area (TPSA) is 21.3 Å². The minimum atomic E-state index is 0.343. The van der Waals surface area contributed by atoms with Crippen LogP contribution in [-0.4, -0.2) is 6.54 Å². The molecule has 0 radical (unpaired) electrons. The maximum Gasteiger partial charge on any atom is 0.127 e. The van der Waals surface area contributed by atoms with Crippen molar-refractivity contribution in [1.82, 2.24) is 5.32 Å². The summed E-state index contributed by atoms with van der Waals surface area (Å²) in [5, 5.41) is 3.50. The SMILES string of the molecule is CCCNC(C)c1cccc(Oc2ccc(CC)cc2)c1. The summed E-state index contributed by atoms with van der Waals surface area (Å²) in [6, 6.07) is 16.9. The Morgan fingerprint density at radius 2 is 1.76 bits per heavy atom. The summed E-state index contributed by atoms with van der Waals surface area (Å²) in [6.07, 6.45) is 2.20. The van der Waals surface area contributed by atoms with E-state index in [1.807, 2.05) is 18.2 Å². The first-order valence-electron chi connectivity index (χ1n) is 7.83. The van der Waals surface area contributed by atoms with Crippen molar-refractivity contribution < 1.29 is 4.74 Å². The third-order valence-corrected chi connectivity index (χ3v) is 3.63. The molecule has 2 aromatic carbocycles. The summed E-state index contributed by atoms with van der Waals surface area (Å²) >= 11 is 0. The van der Waals surface area contributed by atoms with Gasteiger partial charge in [0.15, 0.2) is 0 Å². The number of rotatable bonds is 7. The highest BCUT2D eigenvalue weighted by molar-refractivity contribution is 5.36. The third kappa shape index (κ3) is 4.61. The minimum absolute atomic E-state index is 0.343. The predicted octanol–water partition coefficient (Wildman–Crippen LogP) is 5.10. The van der Waals surface area contributed by atoms with Gasteiger partial charge in [0.05, 0.1) is 0 Å². The van der Waals surface area contributed by atoms with Crippen LogP contribution in [-0.2, 0) is 6.42 Å². The van der Waals surface area contributed by atoms with Gasteiger partial charge in [-0.25, -0.2) is 0 Å². The molecule has 1 atom stereocenters. The molecule has 0 aliphatic rings. The Kier molecular flexibility index (Phi) is 5.82. The van der Waals surface area contributed by atoms with Gasteiger partial charge in [-0.3, -0.25) is 0 Å². The summed E-state index contributed by atoms with van der Waals surface area (Å²) in [5.41, 5.74) is 2.58. The van der Waals surface area contributed by atoms with Crippen molar-refractivity contribution in [3.8, 4) is 11.5 Å². The maximum absolute atomic E-state index is 5.95. The van der Waals surface area contributed by atoms with Gasteiger partial charge in [0.1, 0.15) is 11.5 Å². The van der Waals surface area contributed by atoms with Crippen molar-refractivity contribution in [2.75, 3.05) is 6.54 Å². The Bertz CT molecular complexity index is 548. The Morgan fingerprint density at radius 3 is 2.43 bits per heavy atom. The van der Waals surface area contributed by atoms with E-state index in [4.69, 9.17) is 4.74 Å². The Morgan fingerprint density at radius 1 is 1.00 bits per heavy atom. The monoisotopic (exact) mass is 283 g/mol. The average Bonchev–Trinajstić information content (AvgIpc) is 2.53. The third-order valence-electron chi connectivity index (χ3n) is 3.63. The van der Waals surface area contributed by atoms with Crippen LogP contribution in [0.3, 0.4) is 0 Å². The largest absolute Gasteiger partial charge is 0.457 e. The van der Waals surface area contributed by atoms with Gasteiger partial charge in [-0.1, -0.05) is 38.1 Å². The van der Waals surface area contributed by atoms with Gasteiger partial charge >= 0.3 is 0 Å². The fourth-order valence-electron chi connectivity index (χ4n) is 2.26. The summed E-state index contributed by atoms with van der Waals surface area (Å²) < 4.78 is 5.95. The van der Waals surface area contributed by atoms with Crippen LogP contribution < -0.4 is 10.1 Å². The first-order valence-corrected chi connectivity index (χ1v) is 7.83. The van der Waals surface area contributed by atoms with Crippen molar-refractivity contribution in [3.63, 3.8) is 0 Å². The molecule has 0 amide bonds. The second-order valence-electron chi connectivity index (χ2n) is 5.35. The quantitative estimate of drug-likeness (QED) is 0.763. The van der Waals surface area contributed by atoms with Crippen LogP contribution in [0.15, 0.2) is 48.5 Å². The van der Waals surface area contributed by atoms with E-state index in [1.165, 1.54) is 11.1 Å². The molecule has 1 unspecified atom stereocenters. The summed E-state index contributed by atoms with van der Waals surface area (Å²) in [7, 11) is 0. The van der Waals surface area contributed by atoms with E-state index in [1.54, 1.807) is 0 Å². The van der Waals surface area contributed by atoms with Crippen LogP contribution in [0.1, 0.15) is 44.4 Å². The molecule has 0 saturated heterocycles. The number of ether oxygens (including phenoxy) is 1. The number of hydrogen-bond acceptors (Lipinski definition) is 2. The molecule has 2 aromatic rings. The molecule has 2 heteroatoms. The highest BCUT2D eigenvalue weighted by Crippen LogP contribution is 2.25. The van der Waals surface area contributed by atoms with Gasteiger partial charge in [-0.2, -0.15) is 0 Å². The molecule has 0 aliphatic heterocycles. The van der Waals surface area contributed by atoms with Crippen molar-refractivity contribution >= 4 is 0 Å². The molecule has 0 saturated carbocycles. The molecule has 2 rings (SSSR count). The molecule has 0 aromatic heterocycles. The van der Waals surface area contributed by atoms with Gasteiger partial charge in [0, 0.05) is 6.04 Å². The molecule has 0 spiro atoms. The average molecular weight is 283 g/mol. The fraction of sp³-hybridized carbons (Fsp3) is 0.368.